The maximum absolute atomic E-state index is 4.24. The molecular weight excluding hydrogens is 256 g/mol. The van der Waals surface area contributed by atoms with Gasteiger partial charge in [-0.2, -0.15) is 5.10 Å². The molecule has 1 saturated heterocycles. The summed E-state index contributed by atoms with van der Waals surface area (Å²) in [6.07, 6.45) is 5.24. The van der Waals surface area contributed by atoms with E-state index in [-0.39, 0.29) is 0 Å². The molecule has 1 aromatic rings. The Balaban J connectivity index is 2.09. The minimum absolute atomic E-state index is 0.371. The molecule has 1 atom stereocenters. The number of piperidine rings is 1. The molecule has 1 unspecified atom stereocenters. The summed E-state index contributed by atoms with van der Waals surface area (Å²) in [4.78, 5) is 6.63. The van der Waals surface area contributed by atoms with Crippen molar-refractivity contribution in [1.29, 1.82) is 0 Å². The topological polar surface area (TPSA) is 44.8 Å². The van der Waals surface area contributed by atoms with Crippen LogP contribution in [0, 0.1) is 0 Å². The van der Waals surface area contributed by atoms with Gasteiger partial charge in [0.05, 0.1) is 6.04 Å². The first-order chi connectivity index (χ1) is 7.27. The van der Waals surface area contributed by atoms with Crippen LogP contribution in [0.4, 0.5) is 0 Å². The SMILES string of the molecule is C=C(Br)CN1CCCCC1c1ncn[nH]1. The van der Waals surface area contributed by atoms with Gasteiger partial charge in [-0.15, -0.1) is 0 Å². The molecule has 1 N–H and O–H groups in total. The molecule has 1 fully saturated rings. The molecule has 82 valence electrons. The number of H-pyrrole nitrogens is 1. The molecule has 2 heterocycles. The Hall–Kier alpha value is -0.680. The van der Waals surface area contributed by atoms with Gasteiger partial charge < -0.3 is 0 Å². The lowest BCUT2D eigenvalue weighted by atomic mass is 10.0. The number of aromatic nitrogens is 3. The lowest BCUT2D eigenvalue weighted by Crippen LogP contribution is -2.34. The zero-order valence-corrected chi connectivity index (χ0v) is 10.2. The average molecular weight is 271 g/mol. The second-order valence-electron chi connectivity index (χ2n) is 3.87. The molecule has 1 aliphatic rings. The minimum atomic E-state index is 0.371. The van der Waals surface area contributed by atoms with E-state index in [2.05, 4.69) is 42.6 Å². The fourth-order valence-electron chi connectivity index (χ4n) is 2.09. The van der Waals surface area contributed by atoms with E-state index in [4.69, 9.17) is 0 Å². The van der Waals surface area contributed by atoms with Crippen molar-refractivity contribution in [3.63, 3.8) is 0 Å². The Kier molecular flexibility index (Phi) is 3.53. The van der Waals surface area contributed by atoms with Crippen LogP contribution in [0.1, 0.15) is 31.1 Å². The summed E-state index contributed by atoms with van der Waals surface area (Å²) in [5, 5.41) is 6.88. The highest BCUT2D eigenvalue weighted by atomic mass is 79.9. The van der Waals surface area contributed by atoms with Gasteiger partial charge in [-0.05, 0) is 19.4 Å². The molecule has 5 heteroatoms. The summed E-state index contributed by atoms with van der Waals surface area (Å²) in [7, 11) is 0. The van der Waals surface area contributed by atoms with E-state index >= 15 is 0 Å². The van der Waals surface area contributed by atoms with Crippen molar-refractivity contribution in [2.45, 2.75) is 25.3 Å². The fourth-order valence-corrected chi connectivity index (χ4v) is 2.41. The molecule has 1 aromatic heterocycles. The third-order valence-electron chi connectivity index (χ3n) is 2.74. The highest BCUT2D eigenvalue weighted by molar-refractivity contribution is 9.11. The molecule has 0 aliphatic carbocycles. The van der Waals surface area contributed by atoms with Crippen LogP contribution in [0.5, 0.6) is 0 Å². The van der Waals surface area contributed by atoms with E-state index in [0.717, 1.165) is 29.8 Å². The fraction of sp³-hybridized carbons (Fsp3) is 0.600. The van der Waals surface area contributed by atoms with Gasteiger partial charge in [-0.1, -0.05) is 28.9 Å². The molecule has 15 heavy (non-hydrogen) atoms. The second-order valence-corrected chi connectivity index (χ2v) is 4.99. The number of aromatic amines is 1. The van der Waals surface area contributed by atoms with Gasteiger partial charge in [-0.25, -0.2) is 4.98 Å². The summed E-state index contributed by atoms with van der Waals surface area (Å²) in [5.41, 5.74) is 0. The van der Waals surface area contributed by atoms with Crippen molar-refractivity contribution in [2.24, 2.45) is 0 Å². The van der Waals surface area contributed by atoms with Gasteiger partial charge in [0.25, 0.3) is 0 Å². The van der Waals surface area contributed by atoms with Crippen molar-refractivity contribution in [2.75, 3.05) is 13.1 Å². The van der Waals surface area contributed by atoms with Crippen LogP contribution in [-0.4, -0.2) is 33.2 Å². The van der Waals surface area contributed by atoms with E-state index in [1.165, 1.54) is 12.8 Å². The van der Waals surface area contributed by atoms with E-state index in [9.17, 15) is 0 Å². The number of nitrogens with one attached hydrogen (secondary N) is 1. The number of hydrogen-bond acceptors (Lipinski definition) is 3. The quantitative estimate of drug-likeness (QED) is 0.917. The van der Waals surface area contributed by atoms with Crippen LogP contribution in [0.2, 0.25) is 0 Å². The molecular formula is C10H15BrN4. The standard InChI is InChI=1S/C10H15BrN4/c1-8(11)6-15-5-3-2-4-9(15)10-12-7-13-14-10/h7,9H,1-6H2,(H,12,13,14). The Bertz CT molecular complexity index is 322. The predicted octanol–water partition coefficient (Wildman–Crippen LogP) is 2.24. The summed E-state index contributed by atoms with van der Waals surface area (Å²) < 4.78 is 1.02. The normalized spacial score (nSPS) is 22.9. The summed E-state index contributed by atoms with van der Waals surface area (Å²) in [5.74, 6) is 0.975. The van der Waals surface area contributed by atoms with Gasteiger partial charge in [-0.3, -0.25) is 10.00 Å². The molecule has 0 saturated carbocycles. The third-order valence-corrected chi connectivity index (χ3v) is 2.99. The highest BCUT2D eigenvalue weighted by Gasteiger charge is 2.25. The zero-order valence-electron chi connectivity index (χ0n) is 8.62. The minimum Gasteiger partial charge on any atom is -0.289 e. The van der Waals surface area contributed by atoms with Crippen LogP contribution in [0.15, 0.2) is 17.4 Å². The number of hydrogen-bond donors (Lipinski definition) is 1. The molecule has 0 aromatic carbocycles. The monoisotopic (exact) mass is 270 g/mol. The van der Waals surface area contributed by atoms with Crippen molar-refractivity contribution >= 4 is 15.9 Å². The molecule has 4 nitrogen and oxygen atoms in total. The van der Waals surface area contributed by atoms with Crippen LogP contribution < -0.4 is 0 Å². The smallest absolute Gasteiger partial charge is 0.141 e. The average Bonchev–Trinajstić information content (AvgIpc) is 2.70. The van der Waals surface area contributed by atoms with Gasteiger partial charge >= 0.3 is 0 Å². The van der Waals surface area contributed by atoms with Gasteiger partial charge in [0.2, 0.25) is 0 Å². The van der Waals surface area contributed by atoms with Crippen molar-refractivity contribution < 1.29 is 0 Å². The number of likely N-dealkylation sites (tertiary alicyclic amines) is 1. The van der Waals surface area contributed by atoms with Gasteiger partial charge in [0.1, 0.15) is 12.2 Å². The van der Waals surface area contributed by atoms with E-state index in [1.54, 1.807) is 6.33 Å². The van der Waals surface area contributed by atoms with Crippen molar-refractivity contribution in [3.05, 3.63) is 23.2 Å². The van der Waals surface area contributed by atoms with Crippen LogP contribution in [0.25, 0.3) is 0 Å². The molecule has 0 radical (unpaired) electrons. The number of rotatable bonds is 3. The first-order valence-corrected chi connectivity index (χ1v) is 5.99. The summed E-state index contributed by atoms with van der Waals surface area (Å²) >= 11 is 3.42. The maximum Gasteiger partial charge on any atom is 0.141 e. The molecule has 0 bridgehead atoms. The van der Waals surface area contributed by atoms with E-state index < -0.39 is 0 Å². The first kappa shape index (κ1) is 10.8. The number of halogens is 1. The second kappa shape index (κ2) is 4.90. The zero-order chi connectivity index (χ0) is 10.7. The molecule has 0 amide bonds. The molecule has 0 spiro atoms. The lowest BCUT2D eigenvalue weighted by molar-refractivity contribution is 0.158. The van der Waals surface area contributed by atoms with Crippen molar-refractivity contribution in [3.8, 4) is 0 Å². The van der Waals surface area contributed by atoms with Crippen LogP contribution in [0.3, 0.4) is 0 Å². The maximum atomic E-state index is 4.24. The van der Waals surface area contributed by atoms with Crippen molar-refractivity contribution in [1.82, 2.24) is 20.1 Å². The largest absolute Gasteiger partial charge is 0.289 e. The first-order valence-electron chi connectivity index (χ1n) is 5.20. The highest BCUT2D eigenvalue weighted by Crippen LogP contribution is 2.29. The Morgan fingerprint density at radius 1 is 1.67 bits per heavy atom. The number of nitrogens with zero attached hydrogens (tertiary/aromatic N) is 3. The van der Waals surface area contributed by atoms with Gasteiger partial charge in [0.15, 0.2) is 0 Å². The summed E-state index contributed by atoms with van der Waals surface area (Å²) in [6, 6.07) is 0.371. The van der Waals surface area contributed by atoms with E-state index in [1.807, 2.05) is 0 Å². The molecule has 1 aliphatic heterocycles. The third kappa shape index (κ3) is 2.66. The summed E-state index contributed by atoms with van der Waals surface area (Å²) in [6.45, 7) is 5.88. The molecule has 2 rings (SSSR count). The van der Waals surface area contributed by atoms with Gasteiger partial charge in [0, 0.05) is 11.0 Å². The Labute approximate surface area is 97.9 Å². The lowest BCUT2D eigenvalue weighted by Gasteiger charge is -2.33. The Morgan fingerprint density at radius 3 is 3.20 bits per heavy atom. The van der Waals surface area contributed by atoms with E-state index in [0.29, 0.717) is 6.04 Å². The predicted molar refractivity (Wildman–Crippen MR) is 62.6 cm³/mol. The van der Waals surface area contributed by atoms with Crippen LogP contribution in [-0.2, 0) is 0 Å². The van der Waals surface area contributed by atoms with Crippen LogP contribution >= 0.6 is 15.9 Å². The Morgan fingerprint density at radius 2 is 2.53 bits per heavy atom.